The number of nitrogens with one attached hydrogen (secondary N) is 2. The van der Waals surface area contributed by atoms with Crippen LogP contribution in [0.5, 0.6) is 0 Å². The Morgan fingerprint density at radius 3 is 2.47 bits per heavy atom. The van der Waals surface area contributed by atoms with Crippen LogP contribution in [-0.4, -0.2) is 24.9 Å². The second-order valence-corrected chi connectivity index (χ2v) is 3.68. The van der Waals surface area contributed by atoms with Crippen molar-refractivity contribution in [1.29, 1.82) is 5.26 Å². The molecule has 1 aliphatic rings. The lowest BCUT2D eigenvalue weighted by Crippen LogP contribution is -2.40. The molecule has 82 valence electrons. The first-order chi connectivity index (χ1) is 7.24. The maximum absolute atomic E-state index is 11.1. The number of carbonyl (C=O) groups excluding carboxylic acids is 2. The third kappa shape index (κ3) is 3.98. The standard InChI is InChI=1S/C10H15N3O2/c11-5-7-13-10(15)9(14)12-6-4-8-2-1-3-8/h8H,1-4,6-7H2,(H,12,14)(H,13,15). The van der Waals surface area contributed by atoms with Crippen molar-refractivity contribution in [3.05, 3.63) is 0 Å². The van der Waals surface area contributed by atoms with Gasteiger partial charge in [-0.2, -0.15) is 5.26 Å². The summed E-state index contributed by atoms with van der Waals surface area (Å²) in [6, 6.07) is 1.73. The van der Waals surface area contributed by atoms with Crippen LogP contribution < -0.4 is 10.6 Å². The van der Waals surface area contributed by atoms with Crippen molar-refractivity contribution in [2.45, 2.75) is 25.7 Å². The predicted octanol–water partition coefficient (Wildman–Crippen LogP) is -0.0674. The molecular weight excluding hydrogens is 194 g/mol. The van der Waals surface area contributed by atoms with Crippen LogP contribution in [0.15, 0.2) is 0 Å². The van der Waals surface area contributed by atoms with Crippen LogP contribution in [0.1, 0.15) is 25.7 Å². The van der Waals surface area contributed by atoms with E-state index >= 15 is 0 Å². The summed E-state index contributed by atoms with van der Waals surface area (Å²) in [6.07, 6.45) is 4.69. The molecule has 0 bridgehead atoms. The number of amides is 2. The van der Waals surface area contributed by atoms with Gasteiger partial charge in [0.15, 0.2) is 0 Å². The number of nitrogens with zero attached hydrogens (tertiary/aromatic N) is 1. The van der Waals surface area contributed by atoms with E-state index in [1.165, 1.54) is 19.3 Å². The van der Waals surface area contributed by atoms with Gasteiger partial charge in [-0.15, -0.1) is 0 Å². The second-order valence-electron chi connectivity index (χ2n) is 3.68. The van der Waals surface area contributed by atoms with E-state index in [9.17, 15) is 9.59 Å². The Labute approximate surface area is 88.8 Å². The summed E-state index contributed by atoms with van der Waals surface area (Å²) in [6.45, 7) is 0.415. The average Bonchev–Trinajstić information content (AvgIpc) is 2.17. The van der Waals surface area contributed by atoms with Gasteiger partial charge in [-0.05, 0) is 12.3 Å². The minimum atomic E-state index is -0.731. The number of nitriles is 1. The third-order valence-electron chi connectivity index (χ3n) is 2.60. The zero-order valence-electron chi connectivity index (χ0n) is 8.58. The Bertz CT molecular complexity index is 279. The van der Waals surface area contributed by atoms with Gasteiger partial charge in [-0.25, -0.2) is 0 Å². The van der Waals surface area contributed by atoms with Crippen molar-refractivity contribution >= 4 is 11.8 Å². The van der Waals surface area contributed by atoms with Crippen LogP contribution in [-0.2, 0) is 9.59 Å². The van der Waals surface area contributed by atoms with Crippen LogP contribution in [0.4, 0.5) is 0 Å². The Morgan fingerprint density at radius 2 is 1.93 bits per heavy atom. The summed E-state index contributed by atoms with van der Waals surface area (Å²) in [4.78, 5) is 22.1. The molecule has 2 N–H and O–H groups in total. The summed E-state index contributed by atoms with van der Waals surface area (Å²) >= 11 is 0. The lowest BCUT2D eigenvalue weighted by Gasteiger charge is -2.24. The predicted molar refractivity (Wildman–Crippen MR) is 53.6 cm³/mol. The van der Waals surface area contributed by atoms with Gasteiger partial charge in [-0.1, -0.05) is 19.3 Å². The molecule has 0 unspecified atom stereocenters. The highest BCUT2D eigenvalue weighted by Gasteiger charge is 2.18. The molecule has 15 heavy (non-hydrogen) atoms. The fourth-order valence-corrected chi connectivity index (χ4v) is 1.45. The Kier molecular flexibility index (Phi) is 4.61. The van der Waals surface area contributed by atoms with Gasteiger partial charge < -0.3 is 10.6 Å². The molecule has 0 aliphatic heterocycles. The first-order valence-electron chi connectivity index (χ1n) is 5.17. The fourth-order valence-electron chi connectivity index (χ4n) is 1.45. The van der Waals surface area contributed by atoms with Crippen LogP contribution in [0, 0.1) is 17.2 Å². The largest absolute Gasteiger partial charge is 0.348 e. The van der Waals surface area contributed by atoms with Crippen LogP contribution in [0.2, 0.25) is 0 Å². The molecule has 0 heterocycles. The SMILES string of the molecule is N#CCNC(=O)C(=O)NCCC1CCC1. The number of rotatable bonds is 4. The first-order valence-corrected chi connectivity index (χ1v) is 5.17. The molecule has 0 saturated heterocycles. The van der Waals surface area contributed by atoms with Gasteiger partial charge in [0.25, 0.3) is 0 Å². The molecule has 1 aliphatic carbocycles. The van der Waals surface area contributed by atoms with E-state index in [1.807, 2.05) is 0 Å². The van der Waals surface area contributed by atoms with E-state index < -0.39 is 11.8 Å². The lowest BCUT2D eigenvalue weighted by molar-refractivity contribution is -0.139. The van der Waals surface area contributed by atoms with E-state index in [0.29, 0.717) is 12.5 Å². The molecule has 1 rings (SSSR count). The maximum atomic E-state index is 11.1. The van der Waals surface area contributed by atoms with Crippen molar-refractivity contribution in [1.82, 2.24) is 10.6 Å². The summed E-state index contributed by atoms with van der Waals surface area (Å²) in [5, 5.41) is 12.9. The van der Waals surface area contributed by atoms with Gasteiger partial charge >= 0.3 is 11.8 Å². The molecule has 2 amide bonds. The van der Waals surface area contributed by atoms with Crippen LogP contribution >= 0.6 is 0 Å². The summed E-state index contributed by atoms with van der Waals surface area (Å²) in [5.41, 5.74) is 0. The average molecular weight is 209 g/mol. The number of hydrogen-bond acceptors (Lipinski definition) is 3. The Hall–Kier alpha value is -1.57. The Balaban J connectivity index is 2.06. The smallest absolute Gasteiger partial charge is 0.310 e. The molecule has 0 atom stereocenters. The van der Waals surface area contributed by atoms with Gasteiger partial charge in [-0.3, -0.25) is 9.59 Å². The van der Waals surface area contributed by atoms with Crippen molar-refractivity contribution in [2.24, 2.45) is 5.92 Å². The topological polar surface area (TPSA) is 82.0 Å². The lowest BCUT2D eigenvalue weighted by atomic mass is 9.83. The van der Waals surface area contributed by atoms with Gasteiger partial charge in [0.2, 0.25) is 0 Å². The van der Waals surface area contributed by atoms with Crippen molar-refractivity contribution in [3.8, 4) is 6.07 Å². The van der Waals surface area contributed by atoms with Crippen molar-refractivity contribution in [3.63, 3.8) is 0 Å². The maximum Gasteiger partial charge on any atom is 0.310 e. The highest BCUT2D eigenvalue weighted by atomic mass is 16.2. The molecule has 1 saturated carbocycles. The normalized spacial score (nSPS) is 14.9. The molecule has 0 aromatic rings. The van der Waals surface area contributed by atoms with Gasteiger partial charge in [0, 0.05) is 6.54 Å². The monoisotopic (exact) mass is 209 g/mol. The highest BCUT2D eigenvalue weighted by Crippen LogP contribution is 2.28. The fraction of sp³-hybridized carbons (Fsp3) is 0.700. The number of carbonyl (C=O) groups is 2. The molecular formula is C10H15N3O2. The Morgan fingerprint density at radius 1 is 1.27 bits per heavy atom. The minimum absolute atomic E-state index is 0.130. The van der Waals surface area contributed by atoms with E-state index in [0.717, 1.165) is 6.42 Å². The van der Waals surface area contributed by atoms with Crippen LogP contribution in [0.25, 0.3) is 0 Å². The summed E-state index contributed by atoms with van der Waals surface area (Å²) in [7, 11) is 0. The van der Waals surface area contributed by atoms with Crippen molar-refractivity contribution < 1.29 is 9.59 Å². The summed E-state index contributed by atoms with van der Waals surface area (Å²) < 4.78 is 0. The second kappa shape index (κ2) is 6.02. The highest BCUT2D eigenvalue weighted by molar-refractivity contribution is 6.35. The third-order valence-corrected chi connectivity index (χ3v) is 2.60. The summed E-state index contributed by atoms with van der Waals surface area (Å²) in [5.74, 6) is -0.665. The quantitative estimate of drug-likeness (QED) is 0.502. The van der Waals surface area contributed by atoms with E-state index in [2.05, 4.69) is 10.6 Å². The first kappa shape index (κ1) is 11.5. The number of hydrogen-bond donors (Lipinski definition) is 2. The van der Waals surface area contributed by atoms with Gasteiger partial charge in [0.05, 0.1) is 6.07 Å². The molecule has 5 nitrogen and oxygen atoms in total. The van der Waals surface area contributed by atoms with E-state index in [1.54, 1.807) is 6.07 Å². The van der Waals surface area contributed by atoms with E-state index in [4.69, 9.17) is 5.26 Å². The minimum Gasteiger partial charge on any atom is -0.348 e. The molecule has 1 fully saturated rings. The molecule has 0 aromatic carbocycles. The molecule has 0 aromatic heterocycles. The van der Waals surface area contributed by atoms with Crippen molar-refractivity contribution in [2.75, 3.05) is 13.1 Å². The van der Waals surface area contributed by atoms with E-state index in [-0.39, 0.29) is 6.54 Å². The van der Waals surface area contributed by atoms with Gasteiger partial charge in [0.1, 0.15) is 6.54 Å². The zero-order valence-corrected chi connectivity index (χ0v) is 8.58. The van der Waals surface area contributed by atoms with Crippen LogP contribution in [0.3, 0.4) is 0 Å². The molecule has 0 radical (unpaired) electrons. The zero-order chi connectivity index (χ0) is 11.1. The molecule has 5 heteroatoms. The molecule has 0 spiro atoms.